The van der Waals surface area contributed by atoms with E-state index in [1.54, 1.807) is 0 Å². The smallest absolute Gasteiger partial charge is 0.160 e. The monoisotopic (exact) mass is 693 g/mol. The van der Waals surface area contributed by atoms with Crippen LogP contribution >= 0.6 is 0 Å². The SMILES string of the molecule is C=C(N=C(N=C(C)c1ccc(-c2cccc3c2N=CCC3)cc1)c1ccccc1)c1ccc2c(c1)Cc1ccccc1-c1ccccc1-c1ccccc1-2. The predicted molar refractivity (Wildman–Crippen MR) is 228 cm³/mol. The van der Waals surface area contributed by atoms with Crippen molar-refractivity contribution in [1.29, 1.82) is 0 Å². The van der Waals surface area contributed by atoms with Crippen molar-refractivity contribution in [3.05, 3.63) is 204 Å². The summed E-state index contributed by atoms with van der Waals surface area (Å²) in [5, 5.41) is 0. The van der Waals surface area contributed by atoms with Crippen LogP contribution < -0.4 is 0 Å². The average molecular weight is 694 g/mol. The van der Waals surface area contributed by atoms with Crippen molar-refractivity contribution in [2.45, 2.75) is 26.2 Å². The van der Waals surface area contributed by atoms with Gasteiger partial charge in [0.05, 0.1) is 11.4 Å². The molecule has 1 heterocycles. The molecule has 0 saturated heterocycles. The first kappa shape index (κ1) is 33.1. The zero-order valence-electron chi connectivity index (χ0n) is 30.3. The number of hydrogen-bond acceptors (Lipinski definition) is 2. The lowest BCUT2D eigenvalue weighted by Crippen LogP contribution is -2.04. The minimum Gasteiger partial charge on any atom is -0.260 e. The molecule has 0 unspecified atom stereocenters. The van der Waals surface area contributed by atoms with E-state index in [4.69, 9.17) is 15.0 Å². The molecule has 9 rings (SSSR count). The van der Waals surface area contributed by atoms with E-state index in [9.17, 15) is 0 Å². The maximum absolute atomic E-state index is 5.15. The second kappa shape index (κ2) is 14.4. The van der Waals surface area contributed by atoms with Crippen molar-refractivity contribution in [2.24, 2.45) is 15.0 Å². The molecule has 3 nitrogen and oxygen atoms in total. The average Bonchev–Trinajstić information content (AvgIpc) is 3.28. The Morgan fingerprint density at radius 2 is 1.07 bits per heavy atom. The first-order valence-electron chi connectivity index (χ1n) is 18.6. The Kier molecular flexibility index (Phi) is 8.82. The molecule has 1 aliphatic heterocycles. The molecule has 7 aromatic rings. The standard InChI is InChI=1S/C51H39N3/c1-34(36-25-27-37(28-26-36)45-24-12-17-38-18-13-31-52-50(38)45)53-51(39-14-4-3-5-15-39)54-35(2)40-29-30-44-42(32-40)33-41-16-6-7-19-43(41)46-20-8-10-22-48(46)49-23-11-9-21-47(44)49/h3-12,14-17,19-32H,2,13,18,33H2,1H3. The van der Waals surface area contributed by atoms with Crippen molar-refractivity contribution in [3.63, 3.8) is 0 Å². The maximum atomic E-state index is 5.15. The highest BCUT2D eigenvalue weighted by Gasteiger charge is 2.20. The van der Waals surface area contributed by atoms with Crippen LogP contribution in [-0.4, -0.2) is 17.8 Å². The Labute approximate surface area is 317 Å². The third-order valence-corrected chi connectivity index (χ3v) is 10.6. The van der Waals surface area contributed by atoms with Gasteiger partial charge in [0.25, 0.3) is 0 Å². The number of amidine groups is 1. The van der Waals surface area contributed by atoms with Gasteiger partial charge in [-0.2, -0.15) is 0 Å². The van der Waals surface area contributed by atoms with E-state index in [-0.39, 0.29) is 0 Å². The molecule has 0 saturated carbocycles. The van der Waals surface area contributed by atoms with Crippen LogP contribution in [0.5, 0.6) is 0 Å². The quantitative estimate of drug-likeness (QED) is 0.127. The van der Waals surface area contributed by atoms with Crippen LogP contribution in [0.4, 0.5) is 5.69 Å². The van der Waals surface area contributed by atoms with Gasteiger partial charge in [-0.05, 0) is 99.0 Å². The molecular weight excluding hydrogens is 655 g/mol. The van der Waals surface area contributed by atoms with Crippen LogP contribution in [0.25, 0.3) is 50.2 Å². The topological polar surface area (TPSA) is 37.1 Å². The Balaban J connectivity index is 1.09. The lowest BCUT2D eigenvalue weighted by molar-refractivity contribution is 1.03. The molecule has 0 fully saturated rings. The van der Waals surface area contributed by atoms with Crippen molar-refractivity contribution >= 4 is 29.1 Å². The lowest BCUT2D eigenvalue weighted by atomic mass is 9.89. The van der Waals surface area contributed by atoms with Crippen molar-refractivity contribution in [1.82, 2.24) is 0 Å². The number of aryl methyl sites for hydroxylation is 1. The normalized spacial score (nSPS) is 13.3. The van der Waals surface area contributed by atoms with Crippen LogP contribution in [0.1, 0.15) is 46.7 Å². The molecule has 0 amide bonds. The third-order valence-electron chi connectivity index (χ3n) is 10.6. The van der Waals surface area contributed by atoms with Gasteiger partial charge in [-0.15, -0.1) is 0 Å². The number of rotatable bonds is 5. The summed E-state index contributed by atoms with van der Waals surface area (Å²) in [4.78, 5) is 15.0. The van der Waals surface area contributed by atoms with Crippen LogP contribution in [0.2, 0.25) is 0 Å². The fourth-order valence-electron chi connectivity index (χ4n) is 7.83. The number of nitrogens with zero attached hydrogens (tertiary/aromatic N) is 3. The molecule has 54 heavy (non-hydrogen) atoms. The summed E-state index contributed by atoms with van der Waals surface area (Å²) >= 11 is 0. The van der Waals surface area contributed by atoms with Gasteiger partial charge in [-0.25, -0.2) is 9.98 Å². The highest BCUT2D eigenvalue weighted by atomic mass is 14.9. The van der Waals surface area contributed by atoms with E-state index in [2.05, 4.69) is 152 Å². The minimum absolute atomic E-state index is 0.628. The zero-order chi connectivity index (χ0) is 36.4. The summed E-state index contributed by atoms with van der Waals surface area (Å²) in [6.45, 7) is 6.56. The fraction of sp³-hybridized carbons (Fsp3) is 0.0784. The van der Waals surface area contributed by atoms with Gasteiger partial charge in [-0.3, -0.25) is 4.99 Å². The Bertz CT molecular complexity index is 2640. The molecule has 0 bridgehead atoms. The second-order valence-electron chi connectivity index (χ2n) is 14.0. The summed E-state index contributed by atoms with van der Waals surface area (Å²) in [5.74, 6) is 0.628. The first-order valence-corrected chi connectivity index (χ1v) is 18.6. The largest absolute Gasteiger partial charge is 0.260 e. The number of aliphatic imine (C=N–C) groups is 3. The van der Waals surface area contributed by atoms with Crippen LogP contribution in [0, 0.1) is 0 Å². The van der Waals surface area contributed by atoms with Gasteiger partial charge in [0.1, 0.15) is 0 Å². The van der Waals surface area contributed by atoms with Crippen LogP contribution in [-0.2, 0) is 12.8 Å². The number of fused-ring (bicyclic) bond motifs is 8. The van der Waals surface area contributed by atoms with Crippen molar-refractivity contribution < 1.29 is 0 Å². The third kappa shape index (κ3) is 6.35. The first-order chi connectivity index (χ1) is 26.6. The molecule has 7 aromatic carbocycles. The summed E-state index contributed by atoms with van der Waals surface area (Å²) in [6, 6.07) is 58.3. The molecular formula is C51H39N3. The van der Waals surface area contributed by atoms with E-state index in [0.29, 0.717) is 11.5 Å². The molecule has 0 radical (unpaired) electrons. The highest BCUT2D eigenvalue weighted by molar-refractivity contribution is 6.13. The predicted octanol–water partition coefficient (Wildman–Crippen LogP) is 12.8. The molecule has 0 N–H and O–H groups in total. The van der Waals surface area contributed by atoms with E-state index in [1.807, 2.05) is 31.3 Å². The Morgan fingerprint density at radius 3 is 1.80 bits per heavy atom. The number of benzene rings is 7. The van der Waals surface area contributed by atoms with Crippen molar-refractivity contribution in [3.8, 4) is 44.5 Å². The fourth-order valence-corrected chi connectivity index (χ4v) is 7.83. The van der Waals surface area contributed by atoms with Gasteiger partial charge < -0.3 is 0 Å². The van der Waals surface area contributed by atoms with Gasteiger partial charge in [0.2, 0.25) is 0 Å². The van der Waals surface area contributed by atoms with Crippen LogP contribution in [0.3, 0.4) is 0 Å². The van der Waals surface area contributed by atoms with Gasteiger partial charge in [-0.1, -0.05) is 164 Å². The molecule has 1 aliphatic carbocycles. The lowest BCUT2D eigenvalue weighted by Gasteiger charge is -2.15. The van der Waals surface area contributed by atoms with E-state index in [1.165, 1.54) is 50.1 Å². The zero-order valence-corrected chi connectivity index (χ0v) is 30.3. The number of para-hydroxylation sites is 1. The summed E-state index contributed by atoms with van der Waals surface area (Å²) in [6.07, 6.45) is 4.84. The maximum Gasteiger partial charge on any atom is 0.160 e. The molecule has 0 atom stereocenters. The van der Waals surface area contributed by atoms with Gasteiger partial charge in [0.15, 0.2) is 5.84 Å². The molecule has 0 aromatic heterocycles. The van der Waals surface area contributed by atoms with Gasteiger partial charge >= 0.3 is 0 Å². The van der Waals surface area contributed by atoms with E-state index >= 15 is 0 Å². The van der Waals surface area contributed by atoms with E-state index < -0.39 is 0 Å². The Morgan fingerprint density at radius 1 is 0.500 bits per heavy atom. The Hall–Kier alpha value is -6.71. The molecule has 0 spiro atoms. The van der Waals surface area contributed by atoms with Crippen molar-refractivity contribution in [2.75, 3.05) is 0 Å². The summed E-state index contributed by atoms with van der Waals surface area (Å²) in [7, 11) is 0. The highest BCUT2D eigenvalue weighted by Crippen LogP contribution is 2.43. The minimum atomic E-state index is 0.628. The molecule has 3 heteroatoms. The molecule has 258 valence electrons. The number of hydrogen-bond donors (Lipinski definition) is 0. The van der Waals surface area contributed by atoms with Gasteiger partial charge in [0, 0.05) is 23.1 Å². The van der Waals surface area contributed by atoms with E-state index in [0.717, 1.165) is 58.5 Å². The second-order valence-corrected chi connectivity index (χ2v) is 14.0. The van der Waals surface area contributed by atoms with Crippen LogP contribution in [0.15, 0.2) is 185 Å². The summed E-state index contributed by atoms with van der Waals surface area (Å²) < 4.78 is 0. The molecule has 2 aliphatic rings. The summed E-state index contributed by atoms with van der Waals surface area (Å²) in [5.41, 5.74) is 19.2.